The van der Waals surface area contributed by atoms with Gasteiger partial charge in [-0.25, -0.2) is 4.39 Å². The van der Waals surface area contributed by atoms with Crippen molar-refractivity contribution in [2.24, 2.45) is 0 Å². The van der Waals surface area contributed by atoms with Gasteiger partial charge in [0.05, 0.1) is 24.5 Å². The summed E-state index contributed by atoms with van der Waals surface area (Å²) in [6.45, 7) is 8.14. The number of anilines is 1. The Kier molecular flexibility index (Phi) is 5.56. The second kappa shape index (κ2) is 7.20. The average molecular weight is 296 g/mol. The molecule has 1 saturated heterocycles. The van der Waals surface area contributed by atoms with E-state index in [2.05, 4.69) is 10.2 Å². The van der Waals surface area contributed by atoms with Gasteiger partial charge in [0.15, 0.2) is 0 Å². The first-order valence-corrected chi connectivity index (χ1v) is 7.39. The summed E-state index contributed by atoms with van der Waals surface area (Å²) in [5, 5.41) is 3.28. The van der Waals surface area contributed by atoms with Crippen LogP contribution in [0.4, 0.5) is 10.1 Å². The average Bonchev–Trinajstić information content (AvgIpc) is 2.42. The molecule has 118 valence electrons. The van der Waals surface area contributed by atoms with E-state index >= 15 is 0 Å². The van der Waals surface area contributed by atoms with Crippen molar-refractivity contribution in [1.29, 1.82) is 0 Å². The summed E-state index contributed by atoms with van der Waals surface area (Å²) in [6.07, 6.45) is 0. The molecule has 0 spiro atoms. The van der Waals surface area contributed by atoms with Gasteiger partial charge in [0, 0.05) is 33.3 Å². The first kappa shape index (κ1) is 16.2. The van der Waals surface area contributed by atoms with Crippen molar-refractivity contribution in [2.75, 3.05) is 44.9 Å². The van der Waals surface area contributed by atoms with E-state index in [9.17, 15) is 4.39 Å². The van der Waals surface area contributed by atoms with Gasteiger partial charge in [0.2, 0.25) is 0 Å². The van der Waals surface area contributed by atoms with Crippen LogP contribution in [0.25, 0.3) is 0 Å². The van der Waals surface area contributed by atoms with Crippen molar-refractivity contribution in [3.63, 3.8) is 0 Å². The van der Waals surface area contributed by atoms with Gasteiger partial charge in [-0.2, -0.15) is 0 Å². The number of hydrogen-bond donors (Lipinski definition) is 1. The van der Waals surface area contributed by atoms with Crippen LogP contribution in [0.1, 0.15) is 19.4 Å². The molecule has 1 aromatic carbocycles. The molecule has 1 aromatic rings. The van der Waals surface area contributed by atoms with Crippen LogP contribution in [0.2, 0.25) is 0 Å². The topological polar surface area (TPSA) is 33.7 Å². The van der Waals surface area contributed by atoms with Crippen LogP contribution in [-0.4, -0.2) is 45.6 Å². The normalized spacial score (nSPS) is 18.0. The molecule has 1 aliphatic heterocycles. The highest BCUT2D eigenvalue weighted by Crippen LogP contribution is 2.29. The predicted molar refractivity (Wildman–Crippen MR) is 82.2 cm³/mol. The molecule has 1 aliphatic rings. The Balaban J connectivity index is 2.13. The van der Waals surface area contributed by atoms with Gasteiger partial charge >= 0.3 is 0 Å². The number of methoxy groups -OCH3 is 1. The number of hydrogen-bond acceptors (Lipinski definition) is 4. The van der Waals surface area contributed by atoms with E-state index in [1.54, 1.807) is 13.2 Å². The number of nitrogens with one attached hydrogen (secondary N) is 1. The minimum Gasteiger partial charge on any atom is -0.383 e. The summed E-state index contributed by atoms with van der Waals surface area (Å²) in [5.41, 5.74) is 1.42. The number of benzene rings is 1. The Labute approximate surface area is 126 Å². The van der Waals surface area contributed by atoms with E-state index in [1.807, 2.05) is 19.9 Å². The maximum atomic E-state index is 14.3. The Hall–Kier alpha value is -1.17. The smallest absolute Gasteiger partial charge is 0.146 e. The molecule has 1 heterocycles. The number of nitrogens with zero attached hydrogens (tertiary/aromatic N) is 1. The quantitative estimate of drug-likeness (QED) is 0.816. The number of ether oxygens (including phenoxy) is 2. The molecule has 0 unspecified atom stereocenters. The maximum absolute atomic E-state index is 14.3. The highest BCUT2D eigenvalue weighted by Gasteiger charge is 2.29. The van der Waals surface area contributed by atoms with E-state index in [1.165, 1.54) is 6.07 Å². The number of morpholine rings is 1. The second-order valence-corrected chi connectivity index (χ2v) is 5.95. The minimum absolute atomic E-state index is 0.168. The summed E-state index contributed by atoms with van der Waals surface area (Å²) >= 11 is 0. The third kappa shape index (κ3) is 4.40. The molecule has 0 saturated carbocycles. The summed E-state index contributed by atoms with van der Waals surface area (Å²) < 4.78 is 25.1. The lowest BCUT2D eigenvalue weighted by Crippen LogP contribution is -2.49. The van der Waals surface area contributed by atoms with Crippen molar-refractivity contribution in [3.8, 4) is 0 Å². The number of rotatable bonds is 6. The molecular formula is C16H25FN2O2. The van der Waals surface area contributed by atoms with Gasteiger partial charge in [-0.05, 0) is 25.5 Å². The molecule has 1 fully saturated rings. The van der Waals surface area contributed by atoms with Gasteiger partial charge in [-0.1, -0.05) is 12.1 Å². The van der Waals surface area contributed by atoms with Crippen molar-refractivity contribution in [1.82, 2.24) is 5.32 Å². The van der Waals surface area contributed by atoms with Gasteiger partial charge in [0.1, 0.15) is 5.82 Å². The molecule has 5 heteroatoms. The number of halogens is 1. The van der Waals surface area contributed by atoms with Crippen LogP contribution in [0.3, 0.4) is 0 Å². The molecule has 1 N–H and O–H groups in total. The third-order valence-corrected chi connectivity index (χ3v) is 3.61. The molecular weight excluding hydrogens is 271 g/mol. The van der Waals surface area contributed by atoms with Crippen molar-refractivity contribution < 1.29 is 13.9 Å². The Bertz CT molecular complexity index is 466. The van der Waals surface area contributed by atoms with Crippen LogP contribution in [-0.2, 0) is 16.0 Å². The van der Waals surface area contributed by atoms with Gasteiger partial charge in [0.25, 0.3) is 0 Å². The first-order valence-electron chi connectivity index (χ1n) is 7.39. The molecule has 4 nitrogen and oxygen atoms in total. The van der Waals surface area contributed by atoms with E-state index in [-0.39, 0.29) is 11.4 Å². The van der Waals surface area contributed by atoms with Gasteiger partial charge in [-0.3, -0.25) is 0 Å². The molecule has 0 bridgehead atoms. The summed E-state index contributed by atoms with van der Waals surface area (Å²) in [5.74, 6) is -0.168. The lowest BCUT2D eigenvalue weighted by molar-refractivity contribution is -0.0278. The van der Waals surface area contributed by atoms with Crippen LogP contribution >= 0.6 is 0 Å². The highest BCUT2D eigenvalue weighted by atomic mass is 19.1. The predicted octanol–water partition coefficient (Wildman–Crippen LogP) is 2.18. The molecule has 0 amide bonds. The monoisotopic (exact) mass is 296 g/mol. The molecule has 21 heavy (non-hydrogen) atoms. The summed E-state index contributed by atoms with van der Waals surface area (Å²) in [7, 11) is 1.67. The van der Waals surface area contributed by atoms with Gasteiger partial charge in [-0.15, -0.1) is 0 Å². The molecule has 0 aromatic heterocycles. The van der Waals surface area contributed by atoms with Crippen molar-refractivity contribution in [2.45, 2.75) is 26.0 Å². The Morgan fingerprint density at radius 2 is 2.24 bits per heavy atom. The standard InChI is InChI=1S/C16H25FN2O2/c1-16(2)12-19(8-10-21-16)15-13(5-4-6-14(15)17)11-18-7-9-20-3/h4-6,18H,7-12H2,1-3H3. The third-order valence-electron chi connectivity index (χ3n) is 3.61. The molecule has 0 radical (unpaired) electrons. The van der Waals surface area contributed by atoms with E-state index in [4.69, 9.17) is 9.47 Å². The summed E-state index contributed by atoms with van der Waals surface area (Å²) in [4.78, 5) is 2.09. The van der Waals surface area contributed by atoms with Crippen LogP contribution in [0.5, 0.6) is 0 Å². The van der Waals surface area contributed by atoms with Crippen LogP contribution < -0.4 is 10.2 Å². The van der Waals surface area contributed by atoms with Crippen molar-refractivity contribution in [3.05, 3.63) is 29.6 Å². The van der Waals surface area contributed by atoms with Crippen LogP contribution in [0, 0.1) is 5.82 Å². The Morgan fingerprint density at radius 1 is 1.43 bits per heavy atom. The van der Waals surface area contributed by atoms with E-state index < -0.39 is 0 Å². The van der Waals surface area contributed by atoms with Crippen LogP contribution in [0.15, 0.2) is 18.2 Å². The fourth-order valence-electron chi connectivity index (χ4n) is 2.66. The minimum atomic E-state index is -0.249. The first-order chi connectivity index (χ1) is 10.0. The molecule has 0 atom stereocenters. The highest BCUT2D eigenvalue weighted by molar-refractivity contribution is 5.55. The van der Waals surface area contributed by atoms with E-state index in [0.29, 0.717) is 32.0 Å². The summed E-state index contributed by atoms with van der Waals surface area (Å²) in [6, 6.07) is 5.26. The Morgan fingerprint density at radius 3 is 2.95 bits per heavy atom. The molecule has 0 aliphatic carbocycles. The van der Waals surface area contributed by atoms with Crippen molar-refractivity contribution >= 4 is 5.69 Å². The lowest BCUT2D eigenvalue weighted by atomic mass is 10.0. The fourth-order valence-corrected chi connectivity index (χ4v) is 2.66. The SMILES string of the molecule is COCCNCc1cccc(F)c1N1CCOC(C)(C)C1. The molecule has 2 rings (SSSR count). The van der Waals surface area contributed by atoms with E-state index in [0.717, 1.165) is 18.7 Å². The van der Waals surface area contributed by atoms with Gasteiger partial charge < -0.3 is 19.7 Å². The second-order valence-electron chi connectivity index (χ2n) is 5.95. The zero-order valence-electron chi connectivity index (χ0n) is 13.1. The zero-order valence-corrected chi connectivity index (χ0v) is 13.1. The fraction of sp³-hybridized carbons (Fsp3) is 0.625. The number of para-hydroxylation sites is 1. The largest absolute Gasteiger partial charge is 0.383 e. The lowest BCUT2D eigenvalue weighted by Gasteiger charge is -2.40. The zero-order chi connectivity index (χ0) is 15.3. The maximum Gasteiger partial charge on any atom is 0.146 e.